The van der Waals surface area contributed by atoms with Crippen LogP contribution in [0.1, 0.15) is 46.0 Å². The number of ether oxygens (including phenoxy) is 2. The van der Waals surface area contributed by atoms with E-state index in [1.165, 1.54) is 17.0 Å². The van der Waals surface area contributed by atoms with Crippen molar-refractivity contribution in [3.05, 3.63) is 29.6 Å². The number of hydrogen-bond donors (Lipinski definition) is 0. The van der Waals surface area contributed by atoms with E-state index in [0.717, 1.165) is 6.07 Å². The molecule has 0 N–H and O–H groups in total. The molecular weight excluding hydrogens is 349 g/mol. The second-order valence-electron chi connectivity index (χ2n) is 7.30. The van der Waals surface area contributed by atoms with Crippen LogP contribution in [0.15, 0.2) is 18.2 Å². The first-order chi connectivity index (χ1) is 11.8. The molecular formula is C18H21F3N2O3. The molecule has 1 amide bonds. The first kappa shape index (κ1) is 20.0. The molecule has 8 heteroatoms. The van der Waals surface area contributed by atoms with E-state index < -0.39 is 35.3 Å². The Morgan fingerprint density at radius 3 is 2.58 bits per heavy atom. The molecule has 0 aromatic carbocycles. The SMILES string of the molecule is CC(C)(C)OC(=O)N1[C@@H](C#Cc2cccc(C(F)(F)F)n2)COC1(C)C. The van der Waals surface area contributed by atoms with Crippen molar-refractivity contribution < 1.29 is 27.4 Å². The summed E-state index contributed by atoms with van der Waals surface area (Å²) in [5.41, 5.74) is -2.69. The van der Waals surface area contributed by atoms with Gasteiger partial charge in [-0.1, -0.05) is 12.0 Å². The highest BCUT2D eigenvalue weighted by Crippen LogP contribution is 2.29. The number of halogens is 3. The van der Waals surface area contributed by atoms with Gasteiger partial charge in [0.05, 0.1) is 6.61 Å². The van der Waals surface area contributed by atoms with Gasteiger partial charge in [-0.3, -0.25) is 4.90 Å². The van der Waals surface area contributed by atoms with Gasteiger partial charge in [-0.2, -0.15) is 13.2 Å². The van der Waals surface area contributed by atoms with Gasteiger partial charge in [0.1, 0.15) is 28.8 Å². The highest BCUT2D eigenvalue weighted by atomic mass is 19.4. The Morgan fingerprint density at radius 1 is 1.35 bits per heavy atom. The molecule has 2 rings (SSSR count). The normalized spacial score (nSPS) is 19.7. The Bertz CT molecular complexity index is 743. The summed E-state index contributed by atoms with van der Waals surface area (Å²) in [5, 5.41) is 0. The van der Waals surface area contributed by atoms with E-state index in [-0.39, 0.29) is 12.3 Å². The Hall–Kier alpha value is -2.27. The van der Waals surface area contributed by atoms with Crippen molar-refractivity contribution in [2.24, 2.45) is 0 Å². The lowest BCUT2D eigenvalue weighted by molar-refractivity contribution is -0.141. The third-order valence-corrected chi connectivity index (χ3v) is 3.48. The Morgan fingerprint density at radius 2 is 2.00 bits per heavy atom. The number of rotatable bonds is 0. The highest BCUT2D eigenvalue weighted by Gasteiger charge is 2.45. The van der Waals surface area contributed by atoms with E-state index in [2.05, 4.69) is 16.8 Å². The lowest BCUT2D eigenvalue weighted by atomic mass is 10.2. The van der Waals surface area contributed by atoms with Crippen molar-refractivity contribution in [3.8, 4) is 11.8 Å². The maximum Gasteiger partial charge on any atom is 0.433 e. The van der Waals surface area contributed by atoms with E-state index in [4.69, 9.17) is 9.47 Å². The van der Waals surface area contributed by atoms with Gasteiger partial charge in [0.2, 0.25) is 0 Å². The molecule has 1 atom stereocenters. The van der Waals surface area contributed by atoms with Crippen LogP contribution in [0.3, 0.4) is 0 Å². The maximum absolute atomic E-state index is 12.7. The number of carbonyl (C=O) groups excluding carboxylic acids is 1. The van der Waals surface area contributed by atoms with Gasteiger partial charge in [0.25, 0.3) is 0 Å². The average molecular weight is 370 g/mol. The zero-order valence-corrected chi connectivity index (χ0v) is 15.3. The van der Waals surface area contributed by atoms with Crippen molar-refractivity contribution in [2.45, 2.75) is 58.2 Å². The first-order valence-corrected chi connectivity index (χ1v) is 8.02. The topological polar surface area (TPSA) is 51.7 Å². The molecule has 0 aliphatic carbocycles. The summed E-state index contributed by atoms with van der Waals surface area (Å²) >= 11 is 0. The number of hydrogen-bond acceptors (Lipinski definition) is 4. The molecule has 142 valence electrons. The van der Waals surface area contributed by atoms with Crippen LogP contribution >= 0.6 is 0 Å². The summed E-state index contributed by atoms with van der Waals surface area (Å²) in [7, 11) is 0. The number of pyridine rings is 1. The first-order valence-electron chi connectivity index (χ1n) is 8.02. The minimum Gasteiger partial charge on any atom is -0.444 e. The minimum atomic E-state index is -4.54. The molecule has 5 nitrogen and oxygen atoms in total. The molecule has 0 saturated carbocycles. The van der Waals surface area contributed by atoms with E-state index in [1.807, 2.05) is 0 Å². The zero-order chi connectivity index (χ0) is 19.8. The summed E-state index contributed by atoms with van der Waals surface area (Å²) in [4.78, 5) is 17.3. The van der Waals surface area contributed by atoms with Crippen LogP contribution in [-0.2, 0) is 15.7 Å². The number of alkyl halides is 3. The third kappa shape index (κ3) is 4.88. The van der Waals surface area contributed by atoms with Gasteiger partial charge >= 0.3 is 12.3 Å². The predicted molar refractivity (Wildman–Crippen MR) is 88.0 cm³/mol. The van der Waals surface area contributed by atoms with Gasteiger partial charge in [0, 0.05) is 0 Å². The molecule has 0 radical (unpaired) electrons. The van der Waals surface area contributed by atoms with E-state index in [0.29, 0.717) is 0 Å². The number of amides is 1. The second-order valence-corrected chi connectivity index (χ2v) is 7.30. The molecule has 0 unspecified atom stereocenters. The van der Waals surface area contributed by atoms with Crippen molar-refractivity contribution in [1.29, 1.82) is 0 Å². The molecule has 1 fully saturated rings. The van der Waals surface area contributed by atoms with Gasteiger partial charge in [-0.25, -0.2) is 9.78 Å². The number of carbonyl (C=O) groups is 1. The number of aromatic nitrogens is 1. The minimum absolute atomic E-state index is 0.0336. The Labute approximate surface area is 150 Å². The molecule has 26 heavy (non-hydrogen) atoms. The fourth-order valence-electron chi connectivity index (χ4n) is 2.39. The summed E-state index contributed by atoms with van der Waals surface area (Å²) in [5.74, 6) is 5.36. The van der Waals surface area contributed by atoms with Crippen LogP contribution in [0.25, 0.3) is 0 Å². The van der Waals surface area contributed by atoms with Crippen molar-refractivity contribution in [3.63, 3.8) is 0 Å². The molecule has 1 aliphatic heterocycles. The van der Waals surface area contributed by atoms with Crippen LogP contribution in [-0.4, -0.2) is 40.0 Å². The molecule has 1 aromatic rings. The molecule has 2 heterocycles. The standard InChI is InChI=1S/C18H21F3N2O3/c1-16(2,3)26-15(24)23-13(11-25-17(23,4)5)10-9-12-7-6-8-14(22-12)18(19,20)21/h6-8,13H,11H2,1-5H3/t13-/m0/s1. The smallest absolute Gasteiger partial charge is 0.433 e. The molecule has 1 aliphatic rings. The average Bonchev–Trinajstić information content (AvgIpc) is 2.77. The monoisotopic (exact) mass is 370 g/mol. The summed E-state index contributed by atoms with van der Waals surface area (Å²) in [6.45, 7) is 8.73. The van der Waals surface area contributed by atoms with Gasteiger partial charge in [-0.05, 0) is 52.7 Å². The largest absolute Gasteiger partial charge is 0.444 e. The Balaban J connectivity index is 2.26. The van der Waals surface area contributed by atoms with Crippen LogP contribution in [0.4, 0.5) is 18.0 Å². The van der Waals surface area contributed by atoms with Crippen LogP contribution in [0, 0.1) is 11.8 Å². The van der Waals surface area contributed by atoms with Crippen LogP contribution in [0.5, 0.6) is 0 Å². The summed E-state index contributed by atoms with van der Waals surface area (Å²) in [6.07, 6.45) is -5.14. The van der Waals surface area contributed by atoms with Crippen LogP contribution < -0.4 is 0 Å². The maximum atomic E-state index is 12.7. The molecule has 1 saturated heterocycles. The molecule has 0 bridgehead atoms. The lowest BCUT2D eigenvalue weighted by Gasteiger charge is -2.33. The quantitative estimate of drug-likeness (QED) is 0.652. The van der Waals surface area contributed by atoms with E-state index in [9.17, 15) is 18.0 Å². The zero-order valence-electron chi connectivity index (χ0n) is 15.3. The Kier molecular flexibility index (Phi) is 5.24. The van der Waals surface area contributed by atoms with Crippen molar-refractivity contribution in [2.75, 3.05) is 6.61 Å². The summed E-state index contributed by atoms with van der Waals surface area (Å²) in [6, 6.07) is 2.83. The predicted octanol–water partition coefficient (Wildman–Crippen LogP) is 3.82. The second kappa shape index (κ2) is 6.80. The van der Waals surface area contributed by atoms with Crippen molar-refractivity contribution >= 4 is 6.09 Å². The molecule has 1 aromatic heterocycles. The third-order valence-electron chi connectivity index (χ3n) is 3.48. The lowest BCUT2D eigenvalue weighted by Crippen LogP contribution is -2.49. The fourth-order valence-corrected chi connectivity index (χ4v) is 2.39. The van der Waals surface area contributed by atoms with Gasteiger partial charge in [-0.15, -0.1) is 0 Å². The molecule has 0 spiro atoms. The number of nitrogens with zero attached hydrogens (tertiary/aromatic N) is 2. The van der Waals surface area contributed by atoms with E-state index >= 15 is 0 Å². The fraction of sp³-hybridized carbons (Fsp3) is 0.556. The highest BCUT2D eigenvalue weighted by molar-refractivity contribution is 5.70. The van der Waals surface area contributed by atoms with Crippen molar-refractivity contribution in [1.82, 2.24) is 9.88 Å². The van der Waals surface area contributed by atoms with Crippen LogP contribution in [0.2, 0.25) is 0 Å². The van der Waals surface area contributed by atoms with Gasteiger partial charge in [0.15, 0.2) is 0 Å². The van der Waals surface area contributed by atoms with Gasteiger partial charge < -0.3 is 9.47 Å². The van der Waals surface area contributed by atoms with E-state index in [1.54, 1.807) is 34.6 Å². The summed E-state index contributed by atoms with van der Waals surface area (Å²) < 4.78 is 49.2.